The molecule has 1 fully saturated rings. The van der Waals surface area contributed by atoms with Gasteiger partial charge in [0.15, 0.2) is 11.5 Å². The van der Waals surface area contributed by atoms with Crippen molar-refractivity contribution in [3.63, 3.8) is 0 Å². The number of nitrogens with one attached hydrogen (secondary N) is 1. The largest absolute Gasteiger partial charge is 0.485 e. The molecule has 3 rings (SSSR count). The van der Waals surface area contributed by atoms with Gasteiger partial charge in [-0.15, -0.1) is 0 Å². The Kier molecular flexibility index (Phi) is 4.87. The first-order valence-corrected chi connectivity index (χ1v) is 7.76. The summed E-state index contributed by atoms with van der Waals surface area (Å²) in [5.74, 6) is 0.793. The van der Waals surface area contributed by atoms with Gasteiger partial charge in [0, 0.05) is 29.7 Å². The molecule has 0 radical (unpaired) electrons. The van der Waals surface area contributed by atoms with Crippen molar-refractivity contribution in [3.8, 4) is 11.5 Å². The molecule has 24 heavy (non-hydrogen) atoms. The van der Waals surface area contributed by atoms with Crippen molar-refractivity contribution in [2.75, 3.05) is 13.1 Å². The van der Waals surface area contributed by atoms with E-state index in [-0.39, 0.29) is 18.3 Å². The van der Waals surface area contributed by atoms with Gasteiger partial charge in [0.1, 0.15) is 12.7 Å². The van der Waals surface area contributed by atoms with Crippen LogP contribution < -0.4 is 14.8 Å². The molecule has 0 aromatic heterocycles. The summed E-state index contributed by atoms with van der Waals surface area (Å²) in [5.41, 5.74) is -0.638. The van der Waals surface area contributed by atoms with Gasteiger partial charge in [-0.05, 0) is 18.2 Å². The second-order valence-corrected chi connectivity index (χ2v) is 5.87. The Morgan fingerprint density at radius 2 is 1.83 bits per heavy atom. The second-order valence-electron chi connectivity index (χ2n) is 5.43. The fraction of sp³-hybridized carbons (Fsp3) is 0.294. The van der Waals surface area contributed by atoms with Gasteiger partial charge in [-0.2, -0.15) is 13.2 Å². The van der Waals surface area contributed by atoms with Crippen molar-refractivity contribution >= 4 is 11.6 Å². The molecule has 2 aromatic carbocycles. The fourth-order valence-electron chi connectivity index (χ4n) is 2.30. The van der Waals surface area contributed by atoms with E-state index < -0.39 is 11.7 Å². The summed E-state index contributed by atoms with van der Waals surface area (Å²) in [6, 6.07) is 10.1. The van der Waals surface area contributed by atoms with E-state index in [1.807, 2.05) is 0 Å². The van der Waals surface area contributed by atoms with E-state index in [4.69, 9.17) is 21.1 Å². The van der Waals surface area contributed by atoms with Crippen LogP contribution in [0.2, 0.25) is 5.02 Å². The summed E-state index contributed by atoms with van der Waals surface area (Å²) in [6.45, 7) is 1.21. The van der Waals surface area contributed by atoms with Crippen LogP contribution in [-0.4, -0.2) is 19.2 Å². The Balaban J connectivity index is 1.77. The number of rotatable bonds is 5. The number of benzene rings is 2. The molecular weight excluding hydrogens is 343 g/mol. The maximum atomic E-state index is 13.0. The van der Waals surface area contributed by atoms with Crippen molar-refractivity contribution in [3.05, 3.63) is 58.6 Å². The lowest BCUT2D eigenvalue weighted by Crippen LogP contribution is -2.50. The Labute approximate surface area is 142 Å². The second kappa shape index (κ2) is 6.91. The summed E-state index contributed by atoms with van der Waals surface area (Å²) in [4.78, 5) is 0. The Bertz CT molecular complexity index is 717. The molecule has 1 heterocycles. The van der Waals surface area contributed by atoms with E-state index in [0.29, 0.717) is 29.6 Å². The molecule has 0 atom stereocenters. The number of hydrogen-bond donors (Lipinski definition) is 1. The van der Waals surface area contributed by atoms with Gasteiger partial charge in [0.2, 0.25) is 0 Å². The first-order chi connectivity index (χ1) is 11.4. The highest BCUT2D eigenvalue weighted by atomic mass is 35.5. The molecule has 1 aliphatic heterocycles. The minimum Gasteiger partial charge on any atom is -0.485 e. The fourth-order valence-corrected chi connectivity index (χ4v) is 2.46. The Morgan fingerprint density at radius 3 is 2.50 bits per heavy atom. The van der Waals surface area contributed by atoms with Crippen LogP contribution in [0.15, 0.2) is 42.5 Å². The molecule has 2 aromatic rings. The third-order valence-electron chi connectivity index (χ3n) is 3.65. The number of ether oxygens (including phenoxy) is 2. The Hall–Kier alpha value is -1.92. The monoisotopic (exact) mass is 357 g/mol. The predicted molar refractivity (Wildman–Crippen MR) is 84.5 cm³/mol. The lowest BCUT2D eigenvalue weighted by atomic mass is 10.1. The average molecular weight is 358 g/mol. The average Bonchev–Trinajstić information content (AvgIpc) is 2.49. The highest BCUT2D eigenvalue weighted by molar-refractivity contribution is 6.30. The summed E-state index contributed by atoms with van der Waals surface area (Å²) in [6.07, 6.45) is -4.41. The zero-order valence-electron chi connectivity index (χ0n) is 12.6. The van der Waals surface area contributed by atoms with E-state index in [2.05, 4.69) is 5.32 Å². The van der Waals surface area contributed by atoms with Gasteiger partial charge in [-0.3, -0.25) is 0 Å². The first-order valence-electron chi connectivity index (χ1n) is 7.38. The number of hydrogen-bond acceptors (Lipinski definition) is 3. The smallest absolute Gasteiger partial charge is 0.416 e. The summed E-state index contributed by atoms with van der Waals surface area (Å²) < 4.78 is 50.4. The van der Waals surface area contributed by atoms with Gasteiger partial charge in [0.05, 0.1) is 5.56 Å². The van der Waals surface area contributed by atoms with Crippen molar-refractivity contribution in [2.45, 2.75) is 18.9 Å². The van der Waals surface area contributed by atoms with Gasteiger partial charge < -0.3 is 14.8 Å². The van der Waals surface area contributed by atoms with Crippen molar-refractivity contribution in [2.24, 2.45) is 0 Å². The third kappa shape index (κ3) is 3.94. The van der Waals surface area contributed by atoms with Crippen molar-refractivity contribution in [1.29, 1.82) is 0 Å². The minimum atomic E-state index is -4.42. The molecule has 0 aliphatic carbocycles. The van der Waals surface area contributed by atoms with Crippen LogP contribution in [0.3, 0.4) is 0 Å². The number of alkyl halides is 3. The zero-order valence-corrected chi connectivity index (χ0v) is 13.3. The van der Waals surface area contributed by atoms with E-state index in [9.17, 15) is 13.2 Å². The normalized spacial score (nSPS) is 15.0. The maximum Gasteiger partial charge on any atom is 0.416 e. The third-order valence-corrected chi connectivity index (χ3v) is 3.88. The Morgan fingerprint density at radius 1 is 1.08 bits per heavy atom. The standard InChI is InChI=1S/C17H15ClF3NO2/c18-12-5-6-15(16(7-12)24-13-8-22-9-13)23-10-11-3-1-2-4-14(11)17(19,20)21/h1-7,13,22H,8-10H2. The SMILES string of the molecule is FC(F)(F)c1ccccc1COc1ccc(Cl)cc1OC1CNC1. The highest BCUT2D eigenvalue weighted by Crippen LogP contribution is 2.35. The molecule has 0 saturated carbocycles. The highest BCUT2D eigenvalue weighted by Gasteiger charge is 2.33. The van der Waals surface area contributed by atoms with Crippen molar-refractivity contribution < 1.29 is 22.6 Å². The van der Waals surface area contributed by atoms with Crippen LogP contribution in [0.25, 0.3) is 0 Å². The topological polar surface area (TPSA) is 30.5 Å². The zero-order chi connectivity index (χ0) is 17.2. The summed E-state index contributed by atoms with van der Waals surface area (Å²) in [7, 11) is 0. The molecule has 0 bridgehead atoms. The van der Waals surface area contributed by atoms with Crippen molar-refractivity contribution in [1.82, 2.24) is 5.32 Å². The molecule has 7 heteroatoms. The molecule has 0 spiro atoms. The molecular formula is C17H15ClF3NO2. The van der Waals surface area contributed by atoms with E-state index in [1.54, 1.807) is 24.3 Å². The lowest BCUT2D eigenvalue weighted by molar-refractivity contribution is -0.138. The van der Waals surface area contributed by atoms with E-state index in [0.717, 1.165) is 6.07 Å². The van der Waals surface area contributed by atoms with Gasteiger partial charge in [0.25, 0.3) is 0 Å². The molecule has 0 amide bonds. The van der Waals surface area contributed by atoms with Crippen LogP contribution in [0.1, 0.15) is 11.1 Å². The van der Waals surface area contributed by atoms with Gasteiger partial charge in [-0.1, -0.05) is 29.8 Å². The molecule has 3 nitrogen and oxygen atoms in total. The summed E-state index contributed by atoms with van der Waals surface area (Å²) in [5, 5.41) is 3.55. The molecule has 1 N–H and O–H groups in total. The molecule has 0 unspecified atom stereocenters. The first kappa shape index (κ1) is 16.9. The molecule has 1 aliphatic rings. The predicted octanol–water partition coefficient (Wildman–Crippen LogP) is 4.29. The van der Waals surface area contributed by atoms with Crippen LogP contribution in [0, 0.1) is 0 Å². The van der Waals surface area contributed by atoms with E-state index >= 15 is 0 Å². The molecule has 1 saturated heterocycles. The number of halogens is 4. The summed E-state index contributed by atoms with van der Waals surface area (Å²) >= 11 is 5.96. The van der Waals surface area contributed by atoms with Crippen LogP contribution in [0.5, 0.6) is 11.5 Å². The quantitative estimate of drug-likeness (QED) is 0.866. The van der Waals surface area contributed by atoms with Crippen LogP contribution in [-0.2, 0) is 12.8 Å². The minimum absolute atomic E-state index is 0.00766. The van der Waals surface area contributed by atoms with Gasteiger partial charge in [-0.25, -0.2) is 0 Å². The maximum absolute atomic E-state index is 13.0. The van der Waals surface area contributed by atoms with E-state index in [1.165, 1.54) is 12.1 Å². The lowest BCUT2D eigenvalue weighted by Gasteiger charge is -2.28. The molecule has 128 valence electrons. The van der Waals surface area contributed by atoms with Gasteiger partial charge >= 0.3 is 6.18 Å². The van der Waals surface area contributed by atoms with Crippen LogP contribution in [0.4, 0.5) is 13.2 Å². The van der Waals surface area contributed by atoms with Crippen LogP contribution >= 0.6 is 11.6 Å².